The van der Waals surface area contributed by atoms with E-state index in [0.29, 0.717) is 6.42 Å². The van der Waals surface area contributed by atoms with Crippen LogP contribution in [0.2, 0.25) is 0 Å². The van der Waals surface area contributed by atoms with Crippen molar-refractivity contribution in [3.63, 3.8) is 0 Å². The van der Waals surface area contributed by atoms with Crippen molar-refractivity contribution < 1.29 is 39.8 Å². The molecule has 1 aliphatic rings. The maximum Gasteiger partial charge on any atom is 0.220 e. The number of aliphatic hydroxyl groups excluding tert-OH is 5. The molecule has 0 aliphatic carbocycles. The molecule has 1 fully saturated rings. The van der Waals surface area contributed by atoms with Crippen molar-refractivity contribution in [1.82, 2.24) is 5.32 Å². The molecule has 79 heavy (non-hydrogen) atoms. The van der Waals surface area contributed by atoms with E-state index in [1.807, 2.05) is 6.08 Å². The van der Waals surface area contributed by atoms with Gasteiger partial charge in [-0.25, -0.2) is 0 Å². The Morgan fingerprint density at radius 2 is 0.797 bits per heavy atom. The van der Waals surface area contributed by atoms with Crippen LogP contribution in [-0.4, -0.2) is 87.5 Å². The molecule has 1 heterocycles. The summed E-state index contributed by atoms with van der Waals surface area (Å²) in [6.07, 6.45) is 83.1. The van der Waals surface area contributed by atoms with Crippen molar-refractivity contribution >= 4 is 5.91 Å². The topological polar surface area (TPSA) is 149 Å². The average Bonchev–Trinajstić information content (AvgIpc) is 3.48. The molecule has 9 nitrogen and oxygen atoms in total. The van der Waals surface area contributed by atoms with Crippen molar-refractivity contribution in [2.75, 3.05) is 13.2 Å². The molecule has 6 N–H and O–H groups in total. The highest BCUT2D eigenvalue weighted by molar-refractivity contribution is 5.76. The second kappa shape index (κ2) is 57.1. The summed E-state index contributed by atoms with van der Waals surface area (Å²) in [7, 11) is 0. The molecule has 0 aromatic heterocycles. The molecule has 7 unspecified atom stereocenters. The number of amides is 1. The maximum absolute atomic E-state index is 13.1. The Balaban J connectivity index is 2.22. The molecule has 1 amide bonds. The second-order valence-electron chi connectivity index (χ2n) is 20.8. The Morgan fingerprint density at radius 1 is 0.443 bits per heavy atom. The predicted octanol–water partition coefficient (Wildman–Crippen LogP) is 16.4. The number of hydrogen-bond donors (Lipinski definition) is 6. The molecule has 0 aromatic rings. The number of nitrogens with one attached hydrogen (secondary N) is 1. The molecule has 7 atom stereocenters. The van der Waals surface area contributed by atoms with Gasteiger partial charge in [0.1, 0.15) is 24.4 Å². The van der Waals surface area contributed by atoms with Gasteiger partial charge in [0, 0.05) is 6.42 Å². The average molecular weight is 1100 g/mol. The van der Waals surface area contributed by atoms with Crippen molar-refractivity contribution in [1.29, 1.82) is 0 Å². The molecule has 446 valence electrons. The zero-order valence-corrected chi connectivity index (χ0v) is 49.6. The van der Waals surface area contributed by atoms with Gasteiger partial charge in [0.25, 0.3) is 0 Å². The van der Waals surface area contributed by atoms with Gasteiger partial charge in [-0.15, -0.1) is 0 Å². The highest BCUT2D eigenvalue weighted by Gasteiger charge is 2.44. The summed E-state index contributed by atoms with van der Waals surface area (Å²) >= 11 is 0. The van der Waals surface area contributed by atoms with Gasteiger partial charge in [-0.1, -0.05) is 255 Å². The van der Waals surface area contributed by atoms with Gasteiger partial charge >= 0.3 is 0 Å². The number of carbonyl (C=O) groups is 1. The number of carbonyl (C=O) groups excluding carboxylic acids is 1. The van der Waals surface area contributed by atoms with E-state index < -0.39 is 49.5 Å². The van der Waals surface area contributed by atoms with Gasteiger partial charge in [-0.2, -0.15) is 0 Å². The minimum atomic E-state index is -1.59. The smallest absolute Gasteiger partial charge is 0.220 e. The van der Waals surface area contributed by atoms with Gasteiger partial charge in [-0.05, 0) is 116 Å². The molecule has 9 heteroatoms. The van der Waals surface area contributed by atoms with E-state index in [1.54, 1.807) is 6.08 Å². The first-order valence-electron chi connectivity index (χ1n) is 31.2. The van der Waals surface area contributed by atoms with E-state index in [2.05, 4.69) is 165 Å². The van der Waals surface area contributed by atoms with Crippen LogP contribution in [0, 0.1) is 0 Å². The van der Waals surface area contributed by atoms with E-state index in [1.165, 1.54) is 70.6 Å². The first-order chi connectivity index (χ1) is 38.8. The van der Waals surface area contributed by atoms with E-state index in [4.69, 9.17) is 9.47 Å². The van der Waals surface area contributed by atoms with Crippen LogP contribution in [0.25, 0.3) is 0 Å². The van der Waals surface area contributed by atoms with Crippen LogP contribution < -0.4 is 5.32 Å². The van der Waals surface area contributed by atoms with Gasteiger partial charge in [0.15, 0.2) is 6.29 Å². The summed E-state index contributed by atoms with van der Waals surface area (Å²) in [6.45, 7) is 3.62. The molecule has 1 rings (SSSR count). The third kappa shape index (κ3) is 46.2. The maximum atomic E-state index is 13.1. The number of unbranched alkanes of at least 4 members (excludes halogenated alkanes) is 17. The molecule has 0 spiro atoms. The molecule has 0 saturated carbocycles. The summed E-state index contributed by atoms with van der Waals surface area (Å²) in [5, 5.41) is 54.5. The van der Waals surface area contributed by atoms with Crippen molar-refractivity contribution in [2.45, 2.75) is 262 Å². The molecule has 1 saturated heterocycles. The largest absolute Gasteiger partial charge is 0.394 e. The van der Waals surface area contributed by atoms with Crippen LogP contribution in [-0.2, 0) is 14.3 Å². The molecule has 0 aromatic carbocycles. The van der Waals surface area contributed by atoms with E-state index in [-0.39, 0.29) is 12.5 Å². The Labute approximate surface area is 482 Å². The summed E-state index contributed by atoms with van der Waals surface area (Å²) in [6, 6.07) is -0.844. The Bertz CT molecular complexity index is 1800. The summed E-state index contributed by atoms with van der Waals surface area (Å²) in [5.41, 5.74) is 0. The second-order valence-corrected chi connectivity index (χ2v) is 20.8. The van der Waals surface area contributed by atoms with Gasteiger partial charge in [0.2, 0.25) is 5.91 Å². The van der Waals surface area contributed by atoms with Gasteiger partial charge < -0.3 is 40.3 Å². The first kappa shape index (κ1) is 72.8. The first-order valence-corrected chi connectivity index (χ1v) is 31.2. The molecular weight excluding hydrogens is 983 g/mol. The van der Waals surface area contributed by atoms with Crippen LogP contribution in [0.1, 0.15) is 219 Å². The molecule has 0 bridgehead atoms. The minimum absolute atomic E-state index is 0.212. The van der Waals surface area contributed by atoms with Gasteiger partial charge in [-0.3, -0.25) is 4.79 Å². The van der Waals surface area contributed by atoms with Crippen LogP contribution >= 0.6 is 0 Å². The third-order valence-electron chi connectivity index (χ3n) is 13.6. The molecule has 1 aliphatic heterocycles. The highest BCUT2D eigenvalue weighted by atomic mass is 16.7. The Morgan fingerprint density at radius 3 is 1.22 bits per heavy atom. The molecular formula is C70H113NO8. The summed E-state index contributed by atoms with van der Waals surface area (Å²) in [5.74, 6) is -0.212. The summed E-state index contributed by atoms with van der Waals surface area (Å²) in [4.78, 5) is 13.1. The Kier molecular flexibility index (Phi) is 52.6. The van der Waals surface area contributed by atoms with Crippen molar-refractivity contribution in [2.24, 2.45) is 0 Å². The fourth-order valence-electron chi connectivity index (χ4n) is 8.71. The lowest BCUT2D eigenvalue weighted by Gasteiger charge is -2.40. The number of allylic oxidation sites excluding steroid dienone is 25. The van der Waals surface area contributed by atoms with Crippen molar-refractivity contribution in [3.8, 4) is 0 Å². The standard InChI is InChI=1S/C70H113NO8/c1-3-5-7-9-11-13-15-17-19-21-22-23-24-25-26-27-28-29-30-31-32-33-34-35-36-37-38-39-40-41-42-44-46-48-50-52-54-56-58-60-66(74)71-63(62-78-70-69(77)68(76)67(75)65(61-72)79-70)64(73)59-57-55-53-51-49-47-45-43-20-18-16-14-12-10-8-6-4-2/h5,7,11,13,17,19,22-23,25-26,28-29,31-32,34-35,37-38,40-41,44,46,49,51,57,59,63-65,67-70,72-73,75-77H,3-4,6,8-10,12,14-16,18,20-21,24,27,30,33,36,39,42-43,45,47-48,50,52-56,58,60-62H2,1-2H3,(H,71,74)/b7-5-,13-11-,19-17-,23-22-,26-25-,29-28-,32-31-,35-34-,38-37-,41-40-,46-44-,51-49+,59-57+. The van der Waals surface area contributed by atoms with E-state index in [0.717, 1.165) is 128 Å². The van der Waals surface area contributed by atoms with Crippen LogP contribution in [0.5, 0.6) is 0 Å². The van der Waals surface area contributed by atoms with Crippen LogP contribution in [0.3, 0.4) is 0 Å². The fraction of sp³-hybridized carbons (Fsp3) is 0.614. The predicted molar refractivity (Wildman–Crippen MR) is 336 cm³/mol. The fourth-order valence-corrected chi connectivity index (χ4v) is 8.71. The zero-order chi connectivity index (χ0) is 57.2. The SMILES string of the molecule is CC/C=C\C/C=C\C/C=C\C/C=C\C/C=C\C/C=C\C/C=C\C/C=C\C/C=C\C/C=C\C/C=C\CCCCCCCC(=O)NC(COC1OC(CO)C(O)C(O)C1O)C(O)/C=C/CC/C=C/CCCCCCCCCCCCC. The van der Waals surface area contributed by atoms with E-state index in [9.17, 15) is 30.3 Å². The number of ether oxygens (including phenoxy) is 2. The number of rotatable bonds is 51. The van der Waals surface area contributed by atoms with Crippen molar-refractivity contribution in [3.05, 3.63) is 158 Å². The summed E-state index contributed by atoms with van der Waals surface area (Å²) < 4.78 is 11.2. The molecule has 0 radical (unpaired) electrons. The third-order valence-corrected chi connectivity index (χ3v) is 13.6. The minimum Gasteiger partial charge on any atom is -0.394 e. The normalized spacial score (nSPS) is 19.7. The number of aliphatic hydroxyl groups is 5. The zero-order valence-electron chi connectivity index (χ0n) is 49.6. The lowest BCUT2D eigenvalue weighted by Crippen LogP contribution is -2.60. The Hall–Kier alpha value is -4.19. The monoisotopic (exact) mass is 1100 g/mol. The highest BCUT2D eigenvalue weighted by Crippen LogP contribution is 2.23. The quantitative estimate of drug-likeness (QED) is 0.0261. The lowest BCUT2D eigenvalue weighted by atomic mass is 9.99. The van der Waals surface area contributed by atoms with Crippen LogP contribution in [0.4, 0.5) is 0 Å². The number of hydrogen-bond acceptors (Lipinski definition) is 8. The van der Waals surface area contributed by atoms with Gasteiger partial charge in [0.05, 0.1) is 25.4 Å². The van der Waals surface area contributed by atoms with E-state index >= 15 is 0 Å². The van der Waals surface area contributed by atoms with Crippen LogP contribution in [0.15, 0.2) is 158 Å². The lowest BCUT2D eigenvalue weighted by molar-refractivity contribution is -0.302.